The lowest BCUT2D eigenvalue weighted by atomic mass is 9.94. The van der Waals surface area contributed by atoms with Crippen LogP contribution >= 0.6 is 0 Å². The minimum Gasteiger partial charge on any atom is -0.469 e. The molecule has 1 aromatic carbocycles. The Hall–Kier alpha value is -2.77. The molecular weight excluding hydrogens is 364 g/mol. The van der Waals surface area contributed by atoms with Gasteiger partial charge in [-0.2, -0.15) is 0 Å². The van der Waals surface area contributed by atoms with Crippen molar-refractivity contribution in [2.45, 2.75) is 45.4 Å². The van der Waals surface area contributed by atoms with Crippen molar-refractivity contribution in [2.75, 3.05) is 20.2 Å². The van der Waals surface area contributed by atoms with Gasteiger partial charge in [0.1, 0.15) is 12.2 Å². The van der Waals surface area contributed by atoms with Crippen LogP contribution in [0, 0.1) is 5.92 Å². The monoisotopic (exact) mass is 392 g/mol. The number of nitrogens with one attached hydrogen (secondary N) is 1. The molecule has 0 aromatic heterocycles. The van der Waals surface area contributed by atoms with Crippen LogP contribution in [-0.4, -0.2) is 54.9 Å². The number of amides is 2. The first-order valence-electron chi connectivity index (χ1n) is 9.21. The number of methoxy groups -OCH3 is 1. The Morgan fingerprint density at radius 2 is 1.82 bits per heavy atom. The van der Waals surface area contributed by atoms with E-state index in [9.17, 15) is 14.4 Å². The summed E-state index contributed by atoms with van der Waals surface area (Å²) in [5.74, 6) is -0.983. The van der Waals surface area contributed by atoms with Crippen molar-refractivity contribution in [1.29, 1.82) is 0 Å². The predicted molar refractivity (Wildman–Crippen MR) is 101 cm³/mol. The molecule has 8 heteroatoms. The van der Waals surface area contributed by atoms with Crippen LogP contribution in [0.25, 0.3) is 0 Å². The highest BCUT2D eigenvalue weighted by Crippen LogP contribution is 2.21. The van der Waals surface area contributed by atoms with Gasteiger partial charge in [0.2, 0.25) is 0 Å². The zero-order valence-corrected chi connectivity index (χ0v) is 16.8. The molecule has 2 rings (SSSR count). The minimum absolute atomic E-state index is 0.135. The topological polar surface area (TPSA) is 94.2 Å². The second kappa shape index (κ2) is 9.43. The summed E-state index contributed by atoms with van der Waals surface area (Å²) in [6.07, 6.45) is -0.791. The average molecular weight is 392 g/mol. The van der Waals surface area contributed by atoms with Gasteiger partial charge in [0.05, 0.1) is 19.1 Å². The number of carbonyl (C=O) groups excluding carboxylic acids is 3. The number of carbonyl (C=O) groups is 3. The Balaban J connectivity index is 1.97. The molecule has 1 aliphatic heterocycles. The number of esters is 1. The van der Waals surface area contributed by atoms with E-state index in [4.69, 9.17) is 14.2 Å². The molecule has 1 unspecified atom stereocenters. The van der Waals surface area contributed by atoms with E-state index in [2.05, 4.69) is 5.32 Å². The maximum atomic E-state index is 12.4. The highest BCUT2D eigenvalue weighted by Gasteiger charge is 2.37. The number of benzene rings is 1. The summed E-state index contributed by atoms with van der Waals surface area (Å²) in [6.45, 7) is 5.84. The van der Waals surface area contributed by atoms with Gasteiger partial charge in [0.15, 0.2) is 0 Å². The molecule has 2 amide bonds. The summed E-state index contributed by atoms with van der Waals surface area (Å²) in [5.41, 5.74) is 0.205. The van der Waals surface area contributed by atoms with Gasteiger partial charge in [-0.15, -0.1) is 0 Å². The Labute approximate surface area is 165 Å². The van der Waals surface area contributed by atoms with Gasteiger partial charge in [-0.25, -0.2) is 9.59 Å². The molecule has 0 spiro atoms. The number of nitrogens with zero attached hydrogens (tertiary/aromatic N) is 1. The van der Waals surface area contributed by atoms with Gasteiger partial charge < -0.3 is 24.4 Å². The molecule has 1 N–H and O–H groups in total. The molecule has 1 saturated heterocycles. The molecular formula is C20H28N2O6. The van der Waals surface area contributed by atoms with Gasteiger partial charge >= 0.3 is 18.2 Å². The van der Waals surface area contributed by atoms with Crippen LogP contribution in [0.1, 0.15) is 32.8 Å². The molecule has 0 aliphatic carbocycles. The summed E-state index contributed by atoms with van der Waals surface area (Å²) >= 11 is 0. The molecule has 2 atom stereocenters. The van der Waals surface area contributed by atoms with Crippen LogP contribution < -0.4 is 5.32 Å². The largest absolute Gasteiger partial charge is 0.469 e. The van der Waals surface area contributed by atoms with Crippen molar-refractivity contribution in [3.8, 4) is 0 Å². The molecule has 1 heterocycles. The number of hydrogen-bond acceptors (Lipinski definition) is 6. The van der Waals surface area contributed by atoms with Crippen molar-refractivity contribution >= 4 is 18.2 Å². The second-order valence-electron chi connectivity index (χ2n) is 7.74. The molecule has 28 heavy (non-hydrogen) atoms. The van der Waals surface area contributed by atoms with Crippen molar-refractivity contribution in [1.82, 2.24) is 10.2 Å². The minimum atomic E-state index is -0.660. The second-order valence-corrected chi connectivity index (χ2v) is 7.74. The van der Waals surface area contributed by atoms with E-state index in [1.165, 1.54) is 12.0 Å². The van der Waals surface area contributed by atoms with Gasteiger partial charge in [-0.05, 0) is 32.8 Å². The van der Waals surface area contributed by atoms with E-state index in [1.54, 1.807) is 20.8 Å². The van der Waals surface area contributed by atoms with Crippen molar-refractivity contribution < 1.29 is 28.6 Å². The first kappa shape index (κ1) is 21.5. The van der Waals surface area contributed by atoms with Crippen molar-refractivity contribution in [3.05, 3.63) is 35.9 Å². The zero-order chi connectivity index (χ0) is 20.7. The van der Waals surface area contributed by atoms with Crippen LogP contribution in [0.2, 0.25) is 0 Å². The summed E-state index contributed by atoms with van der Waals surface area (Å²) in [7, 11) is 1.30. The molecule has 0 saturated carbocycles. The van der Waals surface area contributed by atoms with E-state index < -0.39 is 35.7 Å². The summed E-state index contributed by atoms with van der Waals surface area (Å²) < 4.78 is 15.4. The first-order valence-corrected chi connectivity index (χ1v) is 9.21. The van der Waals surface area contributed by atoms with Crippen LogP contribution in [0.15, 0.2) is 30.3 Å². The van der Waals surface area contributed by atoms with Gasteiger partial charge in [-0.3, -0.25) is 4.79 Å². The van der Waals surface area contributed by atoms with Gasteiger partial charge in [0.25, 0.3) is 0 Å². The lowest BCUT2D eigenvalue weighted by molar-refractivity contribution is -0.147. The fourth-order valence-electron chi connectivity index (χ4n) is 2.95. The molecule has 0 radical (unpaired) electrons. The third-order valence-electron chi connectivity index (χ3n) is 4.17. The standard InChI is InChI=1S/C20H28N2O6/c1-20(2,3)28-19(25)22-11-15(17(23)26-4)10-16(12-22)21-18(24)27-13-14-8-6-5-7-9-14/h5-9,15-16H,10-13H2,1-4H3,(H,21,24)/t15?,16-/m1/s1. The summed E-state index contributed by atoms with van der Waals surface area (Å²) in [4.78, 5) is 38.0. The number of alkyl carbamates (subject to hydrolysis) is 1. The molecule has 8 nitrogen and oxygen atoms in total. The summed E-state index contributed by atoms with van der Waals surface area (Å²) in [5, 5.41) is 2.73. The lowest BCUT2D eigenvalue weighted by Crippen LogP contribution is -2.55. The predicted octanol–water partition coefficient (Wildman–Crippen LogP) is 2.71. The van der Waals surface area contributed by atoms with Crippen LogP contribution in [0.4, 0.5) is 9.59 Å². The first-order chi connectivity index (χ1) is 13.2. The molecule has 154 valence electrons. The molecule has 1 aromatic rings. The Morgan fingerprint density at radius 3 is 2.43 bits per heavy atom. The normalized spacial score (nSPS) is 19.5. The van der Waals surface area contributed by atoms with E-state index >= 15 is 0 Å². The van der Waals surface area contributed by atoms with Crippen LogP contribution in [0.5, 0.6) is 0 Å². The van der Waals surface area contributed by atoms with Gasteiger partial charge in [0, 0.05) is 13.1 Å². The van der Waals surface area contributed by atoms with E-state index in [1.807, 2.05) is 30.3 Å². The highest BCUT2D eigenvalue weighted by atomic mass is 16.6. The van der Waals surface area contributed by atoms with E-state index in [-0.39, 0.29) is 19.7 Å². The van der Waals surface area contributed by atoms with Gasteiger partial charge in [-0.1, -0.05) is 30.3 Å². The Kier molecular flexibility index (Phi) is 7.25. The quantitative estimate of drug-likeness (QED) is 0.625. The number of likely N-dealkylation sites (tertiary alicyclic amines) is 1. The fraction of sp³-hybridized carbons (Fsp3) is 0.550. The van der Waals surface area contributed by atoms with Crippen molar-refractivity contribution in [3.63, 3.8) is 0 Å². The lowest BCUT2D eigenvalue weighted by Gasteiger charge is -2.37. The number of hydrogen-bond donors (Lipinski definition) is 1. The van der Waals surface area contributed by atoms with E-state index in [0.29, 0.717) is 6.42 Å². The highest BCUT2D eigenvalue weighted by molar-refractivity contribution is 5.75. The Morgan fingerprint density at radius 1 is 1.14 bits per heavy atom. The number of ether oxygens (including phenoxy) is 3. The van der Waals surface area contributed by atoms with Crippen molar-refractivity contribution in [2.24, 2.45) is 5.92 Å². The smallest absolute Gasteiger partial charge is 0.410 e. The van der Waals surface area contributed by atoms with Crippen LogP contribution in [0.3, 0.4) is 0 Å². The third kappa shape index (κ3) is 6.75. The number of rotatable bonds is 4. The maximum absolute atomic E-state index is 12.4. The van der Waals surface area contributed by atoms with Crippen LogP contribution in [-0.2, 0) is 25.6 Å². The molecule has 1 fully saturated rings. The third-order valence-corrected chi connectivity index (χ3v) is 4.17. The van der Waals surface area contributed by atoms with E-state index in [0.717, 1.165) is 5.56 Å². The molecule has 1 aliphatic rings. The number of piperidine rings is 1. The Bertz CT molecular complexity index is 686. The SMILES string of the molecule is COC(=O)C1C[C@@H](NC(=O)OCc2ccccc2)CN(C(=O)OC(C)(C)C)C1. The maximum Gasteiger partial charge on any atom is 0.410 e. The zero-order valence-electron chi connectivity index (χ0n) is 16.8. The molecule has 0 bridgehead atoms. The summed E-state index contributed by atoms with van der Waals surface area (Å²) in [6, 6.07) is 8.85. The average Bonchev–Trinajstić information content (AvgIpc) is 2.65. The fourth-order valence-corrected chi connectivity index (χ4v) is 2.95.